The summed E-state index contributed by atoms with van der Waals surface area (Å²) in [6.07, 6.45) is 7.29. The molecular weight excluding hydrogens is 334 g/mol. The Labute approximate surface area is 152 Å². The lowest BCUT2D eigenvalue weighted by Crippen LogP contribution is -2.02. The maximum absolute atomic E-state index is 11.1. The molecule has 1 aromatic heterocycles. The fourth-order valence-electron chi connectivity index (χ4n) is 3.48. The average Bonchev–Trinajstić information content (AvgIpc) is 3.24. The van der Waals surface area contributed by atoms with Crippen LogP contribution >= 0.6 is 0 Å². The predicted octanol–water partition coefficient (Wildman–Crippen LogP) is 3.55. The van der Waals surface area contributed by atoms with Crippen LogP contribution in [0.25, 0.3) is 5.69 Å². The molecule has 1 heterocycles. The predicted molar refractivity (Wildman–Crippen MR) is 96.4 cm³/mol. The number of unbranched alkanes of at least 4 members (excludes halogenated alkanes) is 2. The van der Waals surface area contributed by atoms with E-state index < -0.39 is 4.92 Å². The number of benzene rings is 1. The Balaban J connectivity index is 1.68. The summed E-state index contributed by atoms with van der Waals surface area (Å²) in [5, 5.41) is 15.6. The van der Waals surface area contributed by atoms with Crippen molar-refractivity contribution < 1.29 is 14.5 Å². The van der Waals surface area contributed by atoms with E-state index in [-0.39, 0.29) is 11.7 Å². The van der Waals surface area contributed by atoms with Crippen molar-refractivity contribution in [3.63, 3.8) is 0 Å². The highest BCUT2D eigenvalue weighted by Crippen LogP contribution is 2.29. The zero-order valence-electron chi connectivity index (χ0n) is 14.9. The first-order chi connectivity index (χ1) is 12.6. The second-order valence-corrected chi connectivity index (χ2v) is 6.55. The van der Waals surface area contributed by atoms with E-state index in [1.807, 2.05) is 4.68 Å². The lowest BCUT2D eigenvalue weighted by molar-refractivity contribution is -0.384. The minimum atomic E-state index is -0.392. The molecular formula is C19H23N3O4. The van der Waals surface area contributed by atoms with E-state index in [0.29, 0.717) is 6.42 Å². The summed E-state index contributed by atoms with van der Waals surface area (Å²) in [6.45, 7) is 0. The Morgan fingerprint density at radius 3 is 2.69 bits per heavy atom. The number of carbonyl (C=O) groups excluding carboxylic acids is 1. The summed E-state index contributed by atoms with van der Waals surface area (Å²) in [7, 11) is 1.41. The van der Waals surface area contributed by atoms with Crippen LogP contribution in [0.15, 0.2) is 24.3 Å². The molecule has 0 radical (unpaired) electrons. The number of methoxy groups -OCH3 is 1. The lowest BCUT2D eigenvalue weighted by Gasteiger charge is -2.05. The molecule has 0 saturated heterocycles. The number of rotatable bonds is 8. The van der Waals surface area contributed by atoms with Crippen LogP contribution < -0.4 is 0 Å². The van der Waals surface area contributed by atoms with Gasteiger partial charge in [0.25, 0.3) is 5.69 Å². The number of fused-ring (bicyclic) bond motifs is 1. The highest BCUT2D eigenvalue weighted by Gasteiger charge is 2.23. The normalized spacial score (nSPS) is 12.8. The van der Waals surface area contributed by atoms with Crippen LogP contribution in [-0.4, -0.2) is 27.8 Å². The van der Waals surface area contributed by atoms with Crippen LogP contribution in [0.3, 0.4) is 0 Å². The van der Waals surface area contributed by atoms with Crippen LogP contribution in [0.2, 0.25) is 0 Å². The molecule has 1 aliphatic rings. The molecule has 3 rings (SSSR count). The van der Waals surface area contributed by atoms with Gasteiger partial charge in [0.2, 0.25) is 0 Å². The van der Waals surface area contributed by atoms with Gasteiger partial charge in [0.15, 0.2) is 0 Å². The van der Waals surface area contributed by atoms with Crippen molar-refractivity contribution in [2.75, 3.05) is 7.11 Å². The topological polar surface area (TPSA) is 87.3 Å². The number of carbonyl (C=O) groups is 1. The number of nitro benzene ring substituents is 1. The Hall–Kier alpha value is -2.70. The van der Waals surface area contributed by atoms with Gasteiger partial charge in [0, 0.05) is 24.2 Å². The summed E-state index contributed by atoms with van der Waals surface area (Å²) in [5.41, 5.74) is 4.63. The van der Waals surface area contributed by atoms with Crippen molar-refractivity contribution in [1.29, 1.82) is 0 Å². The number of aryl methyl sites for hydroxylation is 1. The van der Waals surface area contributed by atoms with Crippen molar-refractivity contribution in [3.8, 4) is 5.69 Å². The minimum Gasteiger partial charge on any atom is -0.469 e. The summed E-state index contributed by atoms with van der Waals surface area (Å²) in [5.74, 6) is -0.159. The van der Waals surface area contributed by atoms with E-state index >= 15 is 0 Å². The highest BCUT2D eigenvalue weighted by molar-refractivity contribution is 5.68. The second kappa shape index (κ2) is 8.12. The summed E-state index contributed by atoms with van der Waals surface area (Å²) < 4.78 is 6.59. The van der Waals surface area contributed by atoms with Gasteiger partial charge in [-0.3, -0.25) is 14.9 Å². The van der Waals surface area contributed by atoms with Crippen LogP contribution in [-0.2, 0) is 28.8 Å². The summed E-state index contributed by atoms with van der Waals surface area (Å²) in [6, 6.07) is 6.55. The first kappa shape index (κ1) is 18.1. The molecule has 7 nitrogen and oxygen atoms in total. The first-order valence-corrected chi connectivity index (χ1v) is 9.01. The summed E-state index contributed by atoms with van der Waals surface area (Å²) >= 11 is 0. The third kappa shape index (κ3) is 3.92. The van der Waals surface area contributed by atoms with Gasteiger partial charge in [-0.05, 0) is 56.2 Å². The molecule has 0 saturated carbocycles. The van der Waals surface area contributed by atoms with E-state index in [4.69, 9.17) is 5.10 Å². The van der Waals surface area contributed by atoms with Crippen molar-refractivity contribution in [2.45, 2.75) is 51.4 Å². The van der Waals surface area contributed by atoms with Crippen molar-refractivity contribution >= 4 is 11.7 Å². The Kier molecular flexibility index (Phi) is 5.65. The third-order valence-corrected chi connectivity index (χ3v) is 4.84. The molecule has 1 aromatic carbocycles. The fourth-order valence-corrected chi connectivity index (χ4v) is 3.48. The molecule has 0 aliphatic heterocycles. The smallest absolute Gasteiger partial charge is 0.305 e. The van der Waals surface area contributed by atoms with Crippen LogP contribution in [0.4, 0.5) is 5.69 Å². The maximum Gasteiger partial charge on any atom is 0.305 e. The fraction of sp³-hybridized carbons (Fsp3) is 0.474. The molecule has 0 N–H and O–H groups in total. The van der Waals surface area contributed by atoms with Gasteiger partial charge >= 0.3 is 5.97 Å². The molecule has 1 aliphatic carbocycles. The Morgan fingerprint density at radius 1 is 1.23 bits per heavy atom. The van der Waals surface area contributed by atoms with Crippen LogP contribution in [0.1, 0.15) is 49.1 Å². The number of nitro groups is 1. The molecule has 2 aromatic rings. The number of hydrogen-bond acceptors (Lipinski definition) is 5. The van der Waals surface area contributed by atoms with E-state index in [1.54, 1.807) is 12.1 Å². The maximum atomic E-state index is 11.1. The van der Waals surface area contributed by atoms with E-state index in [1.165, 1.54) is 30.5 Å². The van der Waals surface area contributed by atoms with Crippen LogP contribution in [0.5, 0.6) is 0 Å². The molecule has 0 unspecified atom stereocenters. The number of ether oxygens (including phenoxy) is 1. The number of esters is 1. The van der Waals surface area contributed by atoms with Crippen molar-refractivity contribution in [2.24, 2.45) is 0 Å². The van der Waals surface area contributed by atoms with E-state index in [2.05, 4.69) is 4.74 Å². The molecule has 0 amide bonds. The van der Waals surface area contributed by atoms with Gasteiger partial charge in [-0.25, -0.2) is 4.68 Å². The van der Waals surface area contributed by atoms with Gasteiger partial charge in [0.05, 0.1) is 23.4 Å². The largest absolute Gasteiger partial charge is 0.469 e. The van der Waals surface area contributed by atoms with Crippen LogP contribution in [0, 0.1) is 10.1 Å². The SMILES string of the molecule is COC(=O)CCCCCc1nn(-c2ccc([N+](=O)[O-])cc2)c2c1CCC2. The lowest BCUT2D eigenvalue weighted by atomic mass is 10.1. The van der Waals surface area contributed by atoms with E-state index in [0.717, 1.165) is 56.3 Å². The Morgan fingerprint density at radius 2 is 2.00 bits per heavy atom. The standard InChI is InChI=1S/C19H23N3O4/c1-26-19(23)9-4-2-3-7-17-16-6-5-8-18(16)21(20-17)14-10-12-15(13-11-14)22(24)25/h10-13H,2-9H2,1H3. The molecule has 0 fully saturated rings. The van der Waals surface area contributed by atoms with Gasteiger partial charge in [-0.15, -0.1) is 0 Å². The zero-order valence-corrected chi connectivity index (χ0v) is 14.9. The Bertz CT molecular complexity index is 796. The number of hydrogen-bond donors (Lipinski definition) is 0. The van der Waals surface area contributed by atoms with Gasteiger partial charge < -0.3 is 4.74 Å². The number of nitrogens with zero attached hydrogens (tertiary/aromatic N) is 3. The average molecular weight is 357 g/mol. The molecule has 26 heavy (non-hydrogen) atoms. The molecule has 0 atom stereocenters. The van der Waals surface area contributed by atoms with Gasteiger partial charge in [-0.2, -0.15) is 5.10 Å². The number of aromatic nitrogens is 2. The molecule has 7 heteroatoms. The van der Waals surface area contributed by atoms with Gasteiger partial charge in [-0.1, -0.05) is 6.42 Å². The quantitative estimate of drug-likeness (QED) is 0.312. The minimum absolute atomic E-state index is 0.0865. The zero-order chi connectivity index (χ0) is 18.5. The summed E-state index contributed by atoms with van der Waals surface area (Å²) in [4.78, 5) is 21.6. The first-order valence-electron chi connectivity index (χ1n) is 9.01. The highest BCUT2D eigenvalue weighted by atomic mass is 16.6. The van der Waals surface area contributed by atoms with E-state index in [9.17, 15) is 14.9 Å². The monoisotopic (exact) mass is 357 g/mol. The third-order valence-electron chi connectivity index (χ3n) is 4.84. The van der Waals surface area contributed by atoms with Crippen molar-refractivity contribution in [3.05, 3.63) is 51.3 Å². The number of non-ortho nitro benzene ring substituents is 1. The second-order valence-electron chi connectivity index (χ2n) is 6.55. The molecule has 0 spiro atoms. The van der Waals surface area contributed by atoms with Gasteiger partial charge in [0.1, 0.15) is 0 Å². The molecule has 0 bridgehead atoms. The molecule has 138 valence electrons. The van der Waals surface area contributed by atoms with Crippen molar-refractivity contribution in [1.82, 2.24) is 9.78 Å².